The van der Waals surface area contributed by atoms with E-state index in [1.807, 2.05) is 0 Å². The number of hydrogen-bond acceptors (Lipinski definition) is 2. The maximum absolute atomic E-state index is 11.5. The van der Waals surface area contributed by atoms with Gasteiger partial charge in [0.05, 0.1) is 0 Å². The van der Waals surface area contributed by atoms with E-state index in [1.54, 1.807) is 0 Å². The summed E-state index contributed by atoms with van der Waals surface area (Å²) in [4.78, 5) is 11.5. The molecular formula is C13H23NO2. The average Bonchev–Trinajstić information content (AvgIpc) is 2.88. The van der Waals surface area contributed by atoms with Crippen LogP contribution in [0, 0.1) is 17.8 Å². The molecule has 16 heavy (non-hydrogen) atoms. The highest BCUT2D eigenvalue weighted by Gasteiger charge is 2.39. The Morgan fingerprint density at radius 2 is 2.12 bits per heavy atom. The second-order valence-electron chi connectivity index (χ2n) is 5.42. The molecule has 0 aromatic carbocycles. The molecule has 92 valence electrons. The van der Waals surface area contributed by atoms with Crippen LogP contribution in [-0.2, 0) is 4.79 Å². The predicted molar refractivity (Wildman–Crippen MR) is 62.9 cm³/mol. The minimum atomic E-state index is 0.163. The molecule has 0 aromatic rings. The van der Waals surface area contributed by atoms with Gasteiger partial charge < -0.3 is 10.4 Å². The van der Waals surface area contributed by atoms with Gasteiger partial charge in [-0.25, -0.2) is 0 Å². The molecule has 3 nitrogen and oxygen atoms in total. The van der Waals surface area contributed by atoms with Gasteiger partial charge in [0, 0.05) is 19.6 Å². The zero-order chi connectivity index (χ0) is 11.4. The molecule has 0 aliphatic heterocycles. The molecule has 2 saturated carbocycles. The predicted octanol–water partition coefficient (Wildman–Crippen LogP) is 1.70. The third-order valence-corrected chi connectivity index (χ3v) is 4.26. The topological polar surface area (TPSA) is 49.3 Å². The van der Waals surface area contributed by atoms with E-state index >= 15 is 0 Å². The van der Waals surface area contributed by atoms with Crippen LogP contribution in [0.3, 0.4) is 0 Å². The summed E-state index contributed by atoms with van der Waals surface area (Å²) in [6.45, 7) is 1.08. The zero-order valence-corrected chi connectivity index (χ0v) is 9.95. The summed E-state index contributed by atoms with van der Waals surface area (Å²) in [5.74, 6) is 2.76. The lowest BCUT2D eigenvalue weighted by molar-refractivity contribution is -0.121. The molecule has 3 atom stereocenters. The van der Waals surface area contributed by atoms with Crippen LogP contribution in [0.2, 0.25) is 0 Å². The average molecular weight is 225 g/mol. The minimum Gasteiger partial charge on any atom is -0.396 e. The standard InChI is InChI=1S/C13H23NO2/c15-6-2-1-3-13(16)14-9-12-8-10-4-5-11(12)7-10/h10-12,15H,1-9H2,(H,14,16). The van der Waals surface area contributed by atoms with Crippen LogP contribution in [0.1, 0.15) is 44.9 Å². The monoisotopic (exact) mass is 225 g/mol. The van der Waals surface area contributed by atoms with E-state index in [0.29, 0.717) is 6.42 Å². The van der Waals surface area contributed by atoms with Crippen LogP contribution >= 0.6 is 0 Å². The lowest BCUT2D eigenvalue weighted by Gasteiger charge is -2.21. The summed E-state index contributed by atoms with van der Waals surface area (Å²) in [6.07, 6.45) is 7.66. The Morgan fingerprint density at radius 3 is 2.75 bits per heavy atom. The smallest absolute Gasteiger partial charge is 0.220 e. The first-order chi connectivity index (χ1) is 7.79. The highest BCUT2D eigenvalue weighted by atomic mass is 16.2. The lowest BCUT2D eigenvalue weighted by Crippen LogP contribution is -2.31. The molecule has 0 spiro atoms. The van der Waals surface area contributed by atoms with Gasteiger partial charge in [0.1, 0.15) is 0 Å². The Morgan fingerprint density at radius 1 is 1.25 bits per heavy atom. The fourth-order valence-electron chi connectivity index (χ4n) is 3.36. The molecule has 2 N–H and O–H groups in total. The number of unbranched alkanes of at least 4 members (excludes halogenated alkanes) is 1. The Labute approximate surface area is 97.6 Å². The first-order valence-electron chi connectivity index (χ1n) is 6.67. The van der Waals surface area contributed by atoms with Crippen LogP contribution in [0.4, 0.5) is 0 Å². The summed E-state index contributed by atoms with van der Waals surface area (Å²) in [5.41, 5.74) is 0. The summed E-state index contributed by atoms with van der Waals surface area (Å²) in [7, 11) is 0. The fourth-order valence-corrected chi connectivity index (χ4v) is 3.36. The molecular weight excluding hydrogens is 202 g/mol. The second kappa shape index (κ2) is 5.67. The van der Waals surface area contributed by atoms with Crippen molar-refractivity contribution in [1.82, 2.24) is 5.32 Å². The van der Waals surface area contributed by atoms with E-state index in [-0.39, 0.29) is 12.5 Å². The maximum atomic E-state index is 11.5. The van der Waals surface area contributed by atoms with E-state index in [1.165, 1.54) is 25.7 Å². The molecule has 2 aliphatic carbocycles. The summed E-state index contributed by atoms with van der Waals surface area (Å²) in [5, 5.41) is 11.7. The number of amides is 1. The van der Waals surface area contributed by atoms with Crippen LogP contribution in [0.15, 0.2) is 0 Å². The van der Waals surface area contributed by atoms with Crippen molar-refractivity contribution in [3.63, 3.8) is 0 Å². The second-order valence-corrected chi connectivity index (χ2v) is 5.42. The molecule has 1 amide bonds. The number of nitrogens with one attached hydrogen (secondary N) is 1. The van der Waals surface area contributed by atoms with Crippen LogP contribution in [0.25, 0.3) is 0 Å². The van der Waals surface area contributed by atoms with E-state index < -0.39 is 0 Å². The molecule has 0 saturated heterocycles. The number of aliphatic hydroxyl groups is 1. The van der Waals surface area contributed by atoms with Gasteiger partial charge in [-0.3, -0.25) is 4.79 Å². The van der Waals surface area contributed by atoms with Crippen molar-refractivity contribution < 1.29 is 9.90 Å². The summed E-state index contributed by atoms with van der Waals surface area (Å²) in [6, 6.07) is 0. The Balaban J connectivity index is 1.59. The van der Waals surface area contributed by atoms with Gasteiger partial charge in [-0.2, -0.15) is 0 Å². The number of aliphatic hydroxyl groups excluding tert-OH is 1. The molecule has 3 heteroatoms. The van der Waals surface area contributed by atoms with Crippen LogP contribution in [-0.4, -0.2) is 24.2 Å². The third-order valence-electron chi connectivity index (χ3n) is 4.26. The normalized spacial score (nSPS) is 31.9. The SMILES string of the molecule is O=C(CCCCO)NCC1CC2CCC1C2. The van der Waals surface area contributed by atoms with Crippen LogP contribution < -0.4 is 5.32 Å². The van der Waals surface area contributed by atoms with E-state index in [9.17, 15) is 4.79 Å². The molecule has 2 rings (SSSR count). The van der Waals surface area contributed by atoms with Gasteiger partial charge in [0.2, 0.25) is 5.91 Å². The molecule has 2 aliphatic rings. The third kappa shape index (κ3) is 2.97. The van der Waals surface area contributed by atoms with E-state index in [0.717, 1.165) is 37.1 Å². The van der Waals surface area contributed by atoms with Crippen molar-refractivity contribution >= 4 is 5.91 Å². The van der Waals surface area contributed by atoms with Crippen molar-refractivity contribution in [2.45, 2.75) is 44.9 Å². The van der Waals surface area contributed by atoms with Crippen molar-refractivity contribution in [2.24, 2.45) is 17.8 Å². The maximum Gasteiger partial charge on any atom is 0.220 e. The van der Waals surface area contributed by atoms with Crippen molar-refractivity contribution in [3.8, 4) is 0 Å². The van der Waals surface area contributed by atoms with Crippen molar-refractivity contribution in [3.05, 3.63) is 0 Å². The number of carbonyl (C=O) groups is 1. The van der Waals surface area contributed by atoms with Gasteiger partial charge >= 0.3 is 0 Å². The molecule has 0 radical (unpaired) electrons. The Bertz CT molecular complexity index is 242. The number of rotatable bonds is 6. The first kappa shape index (κ1) is 11.9. The van der Waals surface area contributed by atoms with E-state index in [4.69, 9.17) is 5.11 Å². The van der Waals surface area contributed by atoms with Crippen LogP contribution in [0.5, 0.6) is 0 Å². The quantitative estimate of drug-likeness (QED) is 0.676. The molecule has 2 fully saturated rings. The summed E-state index contributed by atoms with van der Waals surface area (Å²) >= 11 is 0. The van der Waals surface area contributed by atoms with Gasteiger partial charge in [-0.1, -0.05) is 6.42 Å². The van der Waals surface area contributed by atoms with E-state index in [2.05, 4.69) is 5.32 Å². The van der Waals surface area contributed by atoms with Gasteiger partial charge in [0.25, 0.3) is 0 Å². The minimum absolute atomic E-state index is 0.163. The fraction of sp³-hybridized carbons (Fsp3) is 0.923. The molecule has 0 heterocycles. The van der Waals surface area contributed by atoms with Gasteiger partial charge in [-0.05, 0) is 49.9 Å². The first-order valence-corrected chi connectivity index (χ1v) is 6.67. The molecule has 2 bridgehead atoms. The van der Waals surface area contributed by atoms with Crippen molar-refractivity contribution in [1.29, 1.82) is 0 Å². The van der Waals surface area contributed by atoms with Crippen molar-refractivity contribution in [2.75, 3.05) is 13.2 Å². The highest BCUT2D eigenvalue weighted by Crippen LogP contribution is 2.47. The van der Waals surface area contributed by atoms with Gasteiger partial charge in [0.15, 0.2) is 0 Å². The number of hydrogen-bond donors (Lipinski definition) is 2. The lowest BCUT2D eigenvalue weighted by atomic mass is 9.89. The largest absolute Gasteiger partial charge is 0.396 e. The zero-order valence-electron chi connectivity index (χ0n) is 9.95. The Hall–Kier alpha value is -0.570. The molecule has 0 aromatic heterocycles. The number of fused-ring (bicyclic) bond motifs is 2. The van der Waals surface area contributed by atoms with Gasteiger partial charge in [-0.15, -0.1) is 0 Å². The summed E-state index contributed by atoms with van der Waals surface area (Å²) < 4.78 is 0. The molecule has 3 unspecified atom stereocenters. The Kier molecular flexibility index (Phi) is 4.22. The highest BCUT2D eigenvalue weighted by molar-refractivity contribution is 5.75. The number of carbonyl (C=O) groups excluding carboxylic acids is 1.